The second kappa shape index (κ2) is 4.30. The standard InChI is InChI=1S/C9H12FN5O/c1-16-7-2-3-15(5-6(7)10)9-13-8(11)4-12-14-9/h4H,2-3,5H2,1H3,(H2,11,13,14). The molecule has 0 amide bonds. The lowest BCUT2D eigenvalue weighted by molar-refractivity contribution is 0.253. The van der Waals surface area contributed by atoms with Gasteiger partial charge in [-0.05, 0) is 0 Å². The van der Waals surface area contributed by atoms with Crippen LogP contribution in [0.1, 0.15) is 6.42 Å². The maximum atomic E-state index is 13.5. The van der Waals surface area contributed by atoms with E-state index in [1.165, 1.54) is 13.3 Å². The van der Waals surface area contributed by atoms with Gasteiger partial charge in [0.2, 0.25) is 5.95 Å². The van der Waals surface area contributed by atoms with Gasteiger partial charge >= 0.3 is 0 Å². The summed E-state index contributed by atoms with van der Waals surface area (Å²) in [7, 11) is 1.46. The van der Waals surface area contributed by atoms with Crippen molar-refractivity contribution in [2.24, 2.45) is 0 Å². The van der Waals surface area contributed by atoms with Crippen molar-refractivity contribution < 1.29 is 9.13 Å². The van der Waals surface area contributed by atoms with E-state index in [-0.39, 0.29) is 18.2 Å². The van der Waals surface area contributed by atoms with Gasteiger partial charge in [0.05, 0.1) is 19.9 Å². The molecule has 2 N–H and O–H groups in total. The van der Waals surface area contributed by atoms with Crippen molar-refractivity contribution in [1.29, 1.82) is 0 Å². The first-order valence-corrected chi connectivity index (χ1v) is 4.82. The molecule has 0 radical (unpaired) electrons. The molecule has 0 spiro atoms. The van der Waals surface area contributed by atoms with Gasteiger partial charge in [0.25, 0.3) is 0 Å². The number of methoxy groups -OCH3 is 1. The number of aromatic nitrogens is 3. The molecule has 0 fully saturated rings. The second-order valence-electron chi connectivity index (χ2n) is 3.38. The number of halogens is 1. The SMILES string of the molecule is COC1=C(F)CN(c2nncc(N)n2)CC1. The molecule has 0 saturated carbocycles. The van der Waals surface area contributed by atoms with Crippen LogP contribution in [0.2, 0.25) is 0 Å². The number of ether oxygens (including phenoxy) is 1. The summed E-state index contributed by atoms with van der Waals surface area (Å²) < 4.78 is 18.4. The molecule has 0 bridgehead atoms. The van der Waals surface area contributed by atoms with Gasteiger partial charge in [-0.15, -0.1) is 5.10 Å². The van der Waals surface area contributed by atoms with E-state index in [4.69, 9.17) is 10.5 Å². The van der Waals surface area contributed by atoms with Gasteiger partial charge in [0, 0.05) is 13.0 Å². The lowest BCUT2D eigenvalue weighted by atomic mass is 10.2. The van der Waals surface area contributed by atoms with Crippen molar-refractivity contribution in [1.82, 2.24) is 15.2 Å². The Morgan fingerprint density at radius 1 is 1.56 bits per heavy atom. The Morgan fingerprint density at radius 3 is 3.00 bits per heavy atom. The molecule has 2 rings (SSSR count). The summed E-state index contributed by atoms with van der Waals surface area (Å²) in [6.07, 6.45) is 1.83. The maximum absolute atomic E-state index is 13.5. The first-order chi connectivity index (χ1) is 7.70. The highest BCUT2D eigenvalue weighted by molar-refractivity contribution is 5.38. The van der Waals surface area contributed by atoms with E-state index < -0.39 is 0 Å². The summed E-state index contributed by atoms with van der Waals surface area (Å²) >= 11 is 0. The van der Waals surface area contributed by atoms with Crippen LogP contribution in [-0.2, 0) is 4.74 Å². The first kappa shape index (κ1) is 10.6. The minimum absolute atomic E-state index is 0.0916. The maximum Gasteiger partial charge on any atom is 0.247 e. The molecule has 86 valence electrons. The zero-order chi connectivity index (χ0) is 11.5. The Hall–Kier alpha value is -1.92. The van der Waals surface area contributed by atoms with Crippen molar-refractivity contribution in [2.45, 2.75) is 6.42 Å². The van der Waals surface area contributed by atoms with Crippen LogP contribution < -0.4 is 10.6 Å². The topological polar surface area (TPSA) is 77.2 Å². The zero-order valence-corrected chi connectivity index (χ0v) is 8.85. The number of nitrogens with zero attached hydrogens (tertiary/aromatic N) is 4. The summed E-state index contributed by atoms with van der Waals surface area (Å²) in [6.45, 7) is 0.677. The highest BCUT2D eigenvalue weighted by Gasteiger charge is 2.21. The van der Waals surface area contributed by atoms with Crippen molar-refractivity contribution in [3.63, 3.8) is 0 Å². The van der Waals surface area contributed by atoms with Gasteiger partial charge in [-0.1, -0.05) is 0 Å². The Bertz CT molecular complexity index is 422. The number of nitrogens with two attached hydrogens (primary N) is 1. The summed E-state index contributed by atoms with van der Waals surface area (Å²) in [6, 6.07) is 0. The van der Waals surface area contributed by atoms with Crippen LogP contribution in [0.25, 0.3) is 0 Å². The second-order valence-corrected chi connectivity index (χ2v) is 3.38. The van der Waals surface area contributed by atoms with Gasteiger partial charge in [-0.2, -0.15) is 10.1 Å². The third-order valence-electron chi connectivity index (χ3n) is 2.34. The van der Waals surface area contributed by atoms with Gasteiger partial charge < -0.3 is 15.4 Å². The fourth-order valence-electron chi connectivity index (χ4n) is 1.53. The quantitative estimate of drug-likeness (QED) is 0.789. The number of hydrogen-bond acceptors (Lipinski definition) is 6. The third kappa shape index (κ3) is 2.02. The van der Waals surface area contributed by atoms with Crippen LogP contribution in [0.3, 0.4) is 0 Å². The Balaban J connectivity index is 2.17. The van der Waals surface area contributed by atoms with Crippen LogP contribution in [0, 0.1) is 0 Å². The predicted octanol–water partition coefficient (Wildman–Crippen LogP) is 0.491. The number of nitrogen functional groups attached to an aromatic ring is 1. The predicted molar refractivity (Wildman–Crippen MR) is 56.2 cm³/mol. The van der Waals surface area contributed by atoms with Crippen molar-refractivity contribution in [3.05, 3.63) is 17.8 Å². The molecule has 1 aromatic rings. The van der Waals surface area contributed by atoms with Gasteiger partial charge in [0.1, 0.15) is 11.6 Å². The van der Waals surface area contributed by atoms with Gasteiger partial charge in [0.15, 0.2) is 5.83 Å². The van der Waals surface area contributed by atoms with Crippen molar-refractivity contribution in [3.8, 4) is 0 Å². The lowest BCUT2D eigenvalue weighted by Crippen LogP contribution is -2.32. The van der Waals surface area contributed by atoms with Gasteiger partial charge in [-0.3, -0.25) is 0 Å². The minimum atomic E-state index is -0.306. The molecule has 0 saturated heterocycles. The van der Waals surface area contributed by atoms with Crippen LogP contribution in [0.4, 0.5) is 16.2 Å². The van der Waals surface area contributed by atoms with Crippen molar-refractivity contribution >= 4 is 11.8 Å². The van der Waals surface area contributed by atoms with Crippen LogP contribution in [-0.4, -0.2) is 35.4 Å². The Kier molecular flexibility index (Phi) is 2.84. The molecule has 1 aliphatic heterocycles. The Labute approximate surface area is 91.9 Å². The smallest absolute Gasteiger partial charge is 0.247 e. The number of rotatable bonds is 2. The van der Waals surface area contributed by atoms with E-state index >= 15 is 0 Å². The largest absolute Gasteiger partial charge is 0.498 e. The van der Waals surface area contributed by atoms with E-state index in [1.54, 1.807) is 4.90 Å². The minimum Gasteiger partial charge on any atom is -0.498 e. The highest BCUT2D eigenvalue weighted by Crippen LogP contribution is 2.22. The van der Waals surface area contributed by atoms with Crippen molar-refractivity contribution in [2.75, 3.05) is 30.8 Å². The summed E-state index contributed by atoms with van der Waals surface area (Å²) in [5.74, 6) is 0.685. The number of anilines is 2. The highest BCUT2D eigenvalue weighted by atomic mass is 19.1. The molecule has 2 heterocycles. The fraction of sp³-hybridized carbons (Fsp3) is 0.444. The first-order valence-electron chi connectivity index (χ1n) is 4.82. The molecule has 0 aromatic carbocycles. The summed E-state index contributed by atoms with van der Waals surface area (Å²) in [5, 5.41) is 7.48. The van der Waals surface area contributed by atoms with Crippen LogP contribution in [0.5, 0.6) is 0 Å². The molecule has 1 aliphatic rings. The van der Waals surface area contributed by atoms with Crippen LogP contribution >= 0.6 is 0 Å². The van der Waals surface area contributed by atoms with E-state index in [0.717, 1.165) is 0 Å². The third-order valence-corrected chi connectivity index (χ3v) is 2.34. The number of hydrogen-bond donors (Lipinski definition) is 1. The molecule has 0 aliphatic carbocycles. The summed E-state index contributed by atoms with van der Waals surface area (Å²) in [4.78, 5) is 5.65. The normalized spacial score (nSPS) is 16.5. The molecular formula is C9H12FN5O. The molecule has 16 heavy (non-hydrogen) atoms. The monoisotopic (exact) mass is 225 g/mol. The average molecular weight is 225 g/mol. The Morgan fingerprint density at radius 2 is 2.38 bits per heavy atom. The van der Waals surface area contributed by atoms with E-state index in [1.807, 2.05) is 0 Å². The fourth-order valence-corrected chi connectivity index (χ4v) is 1.53. The molecule has 0 unspecified atom stereocenters. The molecule has 7 heteroatoms. The molecule has 0 atom stereocenters. The molecule has 6 nitrogen and oxygen atoms in total. The lowest BCUT2D eigenvalue weighted by Gasteiger charge is -2.26. The van der Waals surface area contributed by atoms with Crippen LogP contribution in [0.15, 0.2) is 17.8 Å². The summed E-state index contributed by atoms with van der Waals surface area (Å²) in [5.41, 5.74) is 5.48. The van der Waals surface area contributed by atoms with E-state index in [2.05, 4.69) is 15.2 Å². The van der Waals surface area contributed by atoms with Gasteiger partial charge in [-0.25, -0.2) is 4.39 Å². The molecule has 1 aromatic heterocycles. The average Bonchev–Trinajstić information content (AvgIpc) is 2.29. The zero-order valence-electron chi connectivity index (χ0n) is 8.85. The molecular weight excluding hydrogens is 213 g/mol. The van der Waals surface area contributed by atoms with E-state index in [9.17, 15) is 4.39 Å². The van der Waals surface area contributed by atoms with E-state index in [0.29, 0.717) is 24.7 Å².